The zero-order valence-corrected chi connectivity index (χ0v) is 16.4. The fraction of sp³-hybridized carbons (Fsp3) is 0.263. The van der Waals surface area contributed by atoms with Gasteiger partial charge in [-0.3, -0.25) is 4.79 Å². The Morgan fingerprint density at radius 3 is 2.75 bits per heavy atom. The molecule has 3 rings (SSSR count). The summed E-state index contributed by atoms with van der Waals surface area (Å²) < 4.78 is 20.3. The summed E-state index contributed by atoms with van der Waals surface area (Å²) in [7, 11) is 1.74. The maximum atomic E-state index is 13.4. The summed E-state index contributed by atoms with van der Waals surface area (Å²) in [6.45, 7) is 3.04. The van der Waals surface area contributed by atoms with Gasteiger partial charge < -0.3 is 9.64 Å². The Balaban J connectivity index is 1.57. The van der Waals surface area contributed by atoms with Crippen molar-refractivity contribution in [3.8, 4) is 11.4 Å². The molecule has 0 saturated carbocycles. The molecule has 1 heterocycles. The third-order valence-electron chi connectivity index (χ3n) is 3.90. The minimum Gasteiger partial charge on any atom is -0.494 e. The van der Waals surface area contributed by atoms with Crippen LogP contribution in [0.15, 0.2) is 53.7 Å². The smallest absolute Gasteiger partial charge is 0.233 e. The van der Waals surface area contributed by atoms with E-state index in [0.717, 1.165) is 11.3 Å². The third-order valence-corrected chi connectivity index (χ3v) is 4.80. The summed E-state index contributed by atoms with van der Waals surface area (Å²) in [5, 5.41) is 11.8. The van der Waals surface area contributed by atoms with E-state index in [4.69, 9.17) is 4.74 Å². The van der Waals surface area contributed by atoms with Crippen LogP contribution in [-0.4, -0.2) is 50.4 Å². The van der Waals surface area contributed by atoms with Crippen molar-refractivity contribution in [2.45, 2.75) is 18.6 Å². The van der Waals surface area contributed by atoms with E-state index in [-0.39, 0.29) is 17.5 Å². The van der Waals surface area contributed by atoms with Gasteiger partial charge in [0.05, 0.1) is 18.0 Å². The number of tetrazole rings is 1. The van der Waals surface area contributed by atoms with Gasteiger partial charge >= 0.3 is 0 Å². The summed E-state index contributed by atoms with van der Waals surface area (Å²) in [5.41, 5.74) is 1.51. The average Bonchev–Trinajstić information content (AvgIpc) is 3.16. The number of hydrogen-bond donors (Lipinski definition) is 0. The number of halogens is 1. The molecule has 0 spiro atoms. The van der Waals surface area contributed by atoms with E-state index in [9.17, 15) is 9.18 Å². The van der Waals surface area contributed by atoms with Crippen molar-refractivity contribution >= 4 is 17.7 Å². The van der Waals surface area contributed by atoms with Crippen molar-refractivity contribution in [3.05, 3.63) is 59.9 Å². The monoisotopic (exact) mass is 401 g/mol. The standard InChI is InChI=1S/C19H20FN5O2S/c1-3-27-17-9-7-14(8-10-17)12-24(2)18(26)13-28-19-21-22-23-25(19)16-6-4-5-15(20)11-16/h4-11H,3,12-13H2,1-2H3. The van der Waals surface area contributed by atoms with Crippen LogP contribution in [-0.2, 0) is 11.3 Å². The van der Waals surface area contributed by atoms with Crippen LogP contribution in [0.1, 0.15) is 12.5 Å². The Hall–Kier alpha value is -2.94. The highest BCUT2D eigenvalue weighted by atomic mass is 32.2. The van der Waals surface area contributed by atoms with Gasteiger partial charge in [0, 0.05) is 13.6 Å². The first-order valence-corrected chi connectivity index (χ1v) is 9.68. The van der Waals surface area contributed by atoms with Crippen molar-refractivity contribution in [2.24, 2.45) is 0 Å². The number of nitrogens with zero attached hydrogens (tertiary/aromatic N) is 5. The van der Waals surface area contributed by atoms with Crippen LogP contribution in [0.5, 0.6) is 5.75 Å². The van der Waals surface area contributed by atoms with Crippen LogP contribution in [0.2, 0.25) is 0 Å². The summed E-state index contributed by atoms with van der Waals surface area (Å²) in [6, 6.07) is 13.6. The number of thioether (sulfide) groups is 1. The van der Waals surface area contributed by atoms with Crippen LogP contribution in [0.25, 0.3) is 5.69 Å². The molecule has 1 aromatic heterocycles. The second-order valence-electron chi connectivity index (χ2n) is 5.97. The predicted octanol–water partition coefficient (Wildman–Crippen LogP) is 2.95. The molecule has 1 amide bonds. The van der Waals surface area contributed by atoms with Crippen LogP contribution >= 0.6 is 11.8 Å². The Morgan fingerprint density at radius 1 is 1.25 bits per heavy atom. The zero-order chi connectivity index (χ0) is 19.9. The van der Waals surface area contributed by atoms with Gasteiger partial charge in [-0.1, -0.05) is 30.0 Å². The largest absolute Gasteiger partial charge is 0.494 e. The van der Waals surface area contributed by atoms with Gasteiger partial charge in [0.15, 0.2) is 0 Å². The molecule has 0 bridgehead atoms. The van der Waals surface area contributed by atoms with Gasteiger partial charge in [0.25, 0.3) is 0 Å². The molecular weight excluding hydrogens is 381 g/mol. The lowest BCUT2D eigenvalue weighted by molar-refractivity contribution is -0.127. The maximum absolute atomic E-state index is 13.4. The number of carbonyl (C=O) groups is 1. The molecule has 0 unspecified atom stereocenters. The topological polar surface area (TPSA) is 73.1 Å². The number of ether oxygens (including phenoxy) is 1. The highest BCUT2D eigenvalue weighted by Crippen LogP contribution is 2.19. The zero-order valence-electron chi connectivity index (χ0n) is 15.6. The van der Waals surface area contributed by atoms with Crippen molar-refractivity contribution in [1.82, 2.24) is 25.1 Å². The Bertz CT molecular complexity index is 932. The lowest BCUT2D eigenvalue weighted by Crippen LogP contribution is -2.27. The molecule has 0 fully saturated rings. The van der Waals surface area contributed by atoms with E-state index in [2.05, 4.69) is 15.5 Å². The van der Waals surface area contributed by atoms with Crippen molar-refractivity contribution in [3.63, 3.8) is 0 Å². The maximum Gasteiger partial charge on any atom is 0.233 e. The number of hydrogen-bond acceptors (Lipinski definition) is 6. The molecule has 0 N–H and O–H groups in total. The van der Waals surface area contributed by atoms with Crippen LogP contribution in [0.4, 0.5) is 4.39 Å². The minimum absolute atomic E-state index is 0.0623. The van der Waals surface area contributed by atoms with Gasteiger partial charge in [-0.2, -0.15) is 4.68 Å². The lowest BCUT2D eigenvalue weighted by Gasteiger charge is -2.17. The fourth-order valence-corrected chi connectivity index (χ4v) is 3.33. The molecule has 0 atom stereocenters. The van der Waals surface area contributed by atoms with E-state index in [0.29, 0.717) is 24.0 Å². The number of benzene rings is 2. The van der Waals surface area contributed by atoms with E-state index < -0.39 is 0 Å². The molecule has 9 heteroatoms. The fourth-order valence-electron chi connectivity index (χ4n) is 2.50. The summed E-state index contributed by atoms with van der Waals surface area (Å²) in [4.78, 5) is 14.1. The molecule has 0 aliphatic heterocycles. The van der Waals surface area contributed by atoms with Gasteiger partial charge in [-0.05, 0) is 53.2 Å². The second-order valence-corrected chi connectivity index (χ2v) is 6.91. The first-order valence-electron chi connectivity index (χ1n) is 8.69. The molecule has 0 saturated heterocycles. The van der Waals surface area contributed by atoms with Crippen LogP contribution in [0, 0.1) is 5.82 Å². The predicted molar refractivity (Wildman–Crippen MR) is 104 cm³/mol. The van der Waals surface area contributed by atoms with Gasteiger partial charge in [-0.25, -0.2) is 4.39 Å². The van der Waals surface area contributed by atoms with E-state index >= 15 is 0 Å². The van der Waals surface area contributed by atoms with Crippen molar-refractivity contribution in [2.75, 3.05) is 19.4 Å². The van der Waals surface area contributed by atoms with Gasteiger partial charge in [0.2, 0.25) is 11.1 Å². The number of aromatic nitrogens is 4. The highest BCUT2D eigenvalue weighted by molar-refractivity contribution is 7.99. The van der Waals surface area contributed by atoms with Gasteiger partial charge in [-0.15, -0.1) is 5.10 Å². The normalized spacial score (nSPS) is 10.7. The van der Waals surface area contributed by atoms with E-state index in [1.165, 1.54) is 28.6 Å². The highest BCUT2D eigenvalue weighted by Gasteiger charge is 2.15. The number of rotatable bonds is 8. The lowest BCUT2D eigenvalue weighted by atomic mass is 10.2. The van der Waals surface area contributed by atoms with Crippen molar-refractivity contribution in [1.29, 1.82) is 0 Å². The molecular formula is C19H20FN5O2S. The Labute approximate surface area is 166 Å². The molecule has 0 aliphatic carbocycles. The average molecular weight is 401 g/mol. The molecule has 7 nitrogen and oxygen atoms in total. The third kappa shape index (κ3) is 5.07. The number of carbonyl (C=O) groups excluding carboxylic acids is 1. The molecule has 0 aliphatic rings. The first-order chi connectivity index (χ1) is 13.6. The molecule has 2 aromatic carbocycles. The first kappa shape index (κ1) is 19.8. The molecule has 0 radical (unpaired) electrons. The minimum atomic E-state index is -0.380. The second kappa shape index (κ2) is 9.32. The quantitative estimate of drug-likeness (QED) is 0.541. The summed E-state index contributed by atoms with van der Waals surface area (Å²) in [5.74, 6) is 0.534. The van der Waals surface area contributed by atoms with E-state index in [1.807, 2.05) is 31.2 Å². The Kier molecular flexibility index (Phi) is 6.59. The van der Waals surface area contributed by atoms with Crippen LogP contribution in [0.3, 0.4) is 0 Å². The van der Waals surface area contributed by atoms with Crippen LogP contribution < -0.4 is 4.74 Å². The molecule has 146 valence electrons. The molecule has 28 heavy (non-hydrogen) atoms. The summed E-state index contributed by atoms with van der Waals surface area (Å²) in [6.07, 6.45) is 0. The van der Waals surface area contributed by atoms with E-state index in [1.54, 1.807) is 24.1 Å². The SMILES string of the molecule is CCOc1ccc(CN(C)C(=O)CSc2nnnn2-c2cccc(F)c2)cc1. The summed E-state index contributed by atoms with van der Waals surface area (Å²) >= 11 is 1.20. The van der Waals surface area contributed by atoms with Crippen molar-refractivity contribution < 1.29 is 13.9 Å². The Morgan fingerprint density at radius 2 is 2.04 bits per heavy atom. The number of amides is 1. The van der Waals surface area contributed by atoms with Gasteiger partial charge in [0.1, 0.15) is 11.6 Å². The molecule has 3 aromatic rings.